The Hall–Kier alpha value is -6.73. The van der Waals surface area contributed by atoms with Gasteiger partial charge < -0.3 is 5.11 Å². The summed E-state index contributed by atoms with van der Waals surface area (Å²) in [5.41, 5.74) is 9.71. The highest BCUT2D eigenvalue weighted by Gasteiger charge is 2.41. The maximum absolute atomic E-state index is 12.8. The quantitative estimate of drug-likeness (QED) is 0.126. The molecule has 0 atom stereocenters. The van der Waals surface area contributed by atoms with Gasteiger partial charge in [0.05, 0.1) is 11.1 Å². The number of carboxylic acids is 1. The number of aromatic carboxylic acids is 1. The van der Waals surface area contributed by atoms with E-state index in [0.717, 1.165) is 80.5 Å². The van der Waals surface area contributed by atoms with Crippen LogP contribution >= 0.6 is 0 Å². The zero-order chi connectivity index (χ0) is 37.8. The number of hydrogen-bond donors (Lipinski definition) is 1. The summed E-state index contributed by atoms with van der Waals surface area (Å²) in [6, 6.07) is 53.3. The van der Waals surface area contributed by atoms with E-state index in [1.807, 2.05) is 97.9 Å². The molecule has 1 N–H and O–H groups in total. The first-order chi connectivity index (χ1) is 27.0. The second-order valence-corrected chi connectivity index (χ2v) is 14.0. The highest BCUT2D eigenvalue weighted by molar-refractivity contribution is 6.04. The van der Waals surface area contributed by atoms with Gasteiger partial charge in [-0.25, -0.2) is 4.79 Å². The number of benzene rings is 6. The standard InChI is InChI=1S/C48H41N5O2/c1-3-4-24-43-42(45(47(54)55)41-31-33(2)25-30-44(41)49-43)32-34-26-28-35(29-27-34)39-22-14-15-23-40(39)46-50-52-53(51-46)48(36-16-8-5-9-17-36,37-18-10-6-11-19-37)38-20-12-7-13-21-38/h5-23,25-31H,3-4,24,32H2,1-2H3,(H,54,55). The van der Waals surface area contributed by atoms with Gasteiger partial charge in [0.2, 0.25) is 5.82 Å². The molecule has 7 nitrogen and oxygen atoms in total. The summed E-state index contributed by atoms with van der Waals surface area (Å²) in [6.07, 6.45) is 3.14. The van der Waals surface area contributed by atoms with Gasteiger partial charge in [0.15, 0.2) is 5.54 Å². The Kier molecular flexibility index (Phi) is 9.84. The SMILES string of the molecule is CCCCc1nc2ccc(C)cc2c(C(=O)O)c1Cc1ccc(-c2ccccc2-c2nnn(C(c3ccccc3)(c3ccccc3)c3ccccc3)n2)cc1. The van der Waals surface area contributed by atoms with Crippen LogP contribution in [-0.2, 0) is 18.4 Å². The van der Waals surface area contributed by atoms with Crippen molar-refractivity contribution >= 4 is 16.9 Å². The molecule has 55 heavy (non-hydrogen) atoms. The van der Waals surface area contributed by atoms with Gasteiger partial charge in [0.25, 0.3) is 0 Å². The lowest BCUT2D eigenvalue weighted by Gasteiger charge is -2.34. The van der Waals surface area contributed by atoms with Gasteiger partial charge in [-0.1, -0.05) is 165 Å². The minimum Gasteiger partial charge on any atom is -0.478 e. The Morgan fingerprint density at radius 1 is 0.709 bits per heavy atom. The molecule has 7 heteroatoms. The molecule has 0 aliphatic carbocycles. The molecule has 0 radical (unpaired) electrons. The molecular formula is C48H41N5O2. The summed E-state index contributed by atoms with van der Waals surface area (Å²) in [7, 11) is 0. The number of hydrogen-bond acceptors (Lipinski definition) is 5. The van der Waals surface area contributed by atoms with E-state index >= 15 is 0 Å². The van der Waals surface area contributed by atoms with Crippen molar-refractivity contribution in [3.63, 3.8) is 0 Å². The number of tetrazole rings is 1. The van der Waals surface area contributed by atoms with Gasteiger partial charge in [-0.05, 0) is 76.1 Å². The molecule has 6 aromatic carbocycles. The number of carbonyl (C=O) groups is 1. The van der Waals surface area contributed by atoms with Gasteiger partial charge in [-0.2, -0.15) is 0 Å². The topological polar surface area (TPSA) is 93.8 Å². The van der Waals surface area contributed by atoms with Crippen molar-refractivity contribution in [2.75, 3.05) is 0 Å². The van der Waals surface area contributed by atoms with Crippen LogP contribution in [0.15, 0.2) is 158 Å². The number of aromatic nitrogens is 5. The van der Waals surface area contributed by atoms with Crippen molar-refractivity contribution in [2.45, 2.75) is 45.1 Å². The van der Waals surface area contributed by atoms with Crippen LogP contribution in [0.4, 0.5) is 0 Å². The highest BCUT2D eigenvalue weighted by Crippen LogP contribution is 2.40. The van der Waals surface area contributed by atoms with Crippen molar-refractivity contribution < 1.29 is 9.90 Å². The van der Waals surface area contributed by atoms with Crippen LogP contribution in [0.2, 0.25) is 0 Å². The summed E-state index contributed by atoms with van der Waals surface area (Å²) in [6.45, 7) is 4.12. The number of unbranched alkanes of at least 4 members (excludes halogenated alkanes) is 1. The average Bonchev–Trinajstić information content (AvgIpc) is 3.72. The molecule has 0 bridgehead atoms. The Bertz CT molecular complexity index is 2490. The summed E-state index contributed by atoms with van der Waals surface area (Å²) >= 11 is 0. The number of carboxylic acid groups (broad SMARTS) is 1. The first-order valence-electron chi connectivity index (χ1n) is 18.8. The zero-order valence-corrected chi connectivity index (χ0v) is 30.9. The van der Waals surface area contributed by atoms with Crippen LogP contribution in [0.5, 0.6) is 0 Å². The number of nitrogens with zero attached hydrogens (tertiary/aromatic N) is 5. The van der Waals surface area contributed by atoms with Gasteiger partial charge >= 0.3 is 5.97 Å². The van der Waals surface area contributed by atoms with Crippen molar-refractivity contribution in [1.29, 1.82) is 0 Å². The Labute approximate surface area is 321 Å². The summed E-state index contributed by atoms with van der Waals surface area (Å²) in [4.78, 5) is 19.6. The van der Waals surface area contributed by atoms with E-state index < -0.39 is 11.5 Å². The van der Waals surface area contributed by atoms with E-state index in [0.29, 0.717) is 23.2 Å². The summed E-state index contributed by atoms with van der Waals surface area (Å²) in [5.74, 6) is -0.413. The van der Waals surface area contributed by atoms with E-state index in [1.165, 1.54) is 0 Å². The molecule has 0 saturated heterocycles. The van der Waals surface area contributed by atoms with E-state index in [4.69, 9.17) is 20.4 Å². The maximum Gasteiger partial charge on any atom is 0.336 e. The third-order valence-corrected chi connectivity index (χ3v) is 10.4. The highest BCUT2D eigenvalue weighted by atomic mass is 16.4. The third-order valence-electron chi connectivity index (χ3n) is 10.4. The first kappa shape index (κ1) is 35.3. The number of aryl methyl sites for hydroxylation is 2. The van der Waals surface area contributed by atoms with Crippen LogP contribution in [0.1, 0.15) is 69.2 Å². The summed E-state index contributed by atoms with van der Waals surface area (Å²) in [5, 5.41) is 25.9. The Morgan fingerprint density at radius 3 is 1.87 bits per heavy atom. The normalized spacial score (nSPS) is 11.5. The van der Waals surface area contributed by atoms with Gasteiger partial charge in [0, 0.05) is 23.1 Å². The number of fused-ring (bicyclic) bond motifs is 1. The fraction of sp³-hybridized carbons (Fsp3) is 0.146. The minimum absolute atomic E-state index is 0.348. The zero-order valence-electron chi connectivity index (χ0n) is 30.9. The van der Waals surface area contributed by atoms with Crippen LogP contribution in [-0.4, -0.2) is 36.3 Å². The van der Waals surface area contributed by atoms with Crippen LogP contribution in [0.25, 0.3) is 33.4 Å². The van der Waals surface area contributed by atoms with Gasteiger partial charge in [-0.15, -0.1) is 15.0 Å². The monoisotopic (exact) mass is 719 g/mol. The van der Waals surface area contributed by atoms with Crippen LogP contribution in [0.3, 0.4) is 0 Å². The first-order valence-corrected chi connectivity index (χ1v) is 18.8. The number of pyridine rings is 1. The second-order valence-electron chi connectivity index (χ2n) is 14.0. The average molecular weight is 720 g/mol. The van der Waals surface area contributed by atoms with Gasteiger partial charge in [-0.3, -0.25) is 4.98 Å². The summed E-state index contributed by atoms with van der Waals surface area (Å²) < 4.78 is 0. The molecule has 0 aliphatic rings. The van der Waals surface area contributed by atoms with E-state index in [9.17, 15) is 9.90 Å². The van der Waals surface area contributed by atoms with Crippen molar-refractivity contribution in [2.24, 2.45) is 0 Å². The molecule has 0 fully saturated rings. The lowest BCUT2D eigenvalue weighted by atomic mass is 9.77. The molecular weight excluding hydrogens is 679 g/mol. The van der Waals surface area contributed by atoms with Crippen LogP contribution < -0.4 is 0 Å². The van der Waals surface area contributed by atoms with Crippen molar-refractivity contribution in [1.82, 2.24) is 25.2 Å². The predicted octanol–water partition coefficient (Wildman–Crippen LogP) is 10.3. The molecule has 2 heterocycles. The van der Waals surface area contributed by atoms with E-state index in [-0.39, 0.29) is 0 Å². The molecule has 0 aliphatic heterocycles. The molecule has 0 unspecified atom stereocenters. The Balaban J connectivity index is 1.19. The molecule has 0 amide bonds. The van der Waals surface area contributed by atoms with Gasteiger partial charge in [0.1, 0.15) is 0 Å². The lowest BCUT2D eigenvalue weighted by Crippen LogP contribution is -2.39. The van der Waals surface area contributed by atoms with Crippen LogP contribution in [0, 0.1) is 6.92 Å². The van der Waals surface area contributed by atoms with E-state index in [2.05, 4.69) is 73.7 Å². The van der Waals surface area contributed by atoms with E-state index in [1.54, 1.807) is 4.80 Å². The third kappa shape index (κ3) is 6.70. The molecule has 8 aromatic rings. The second kappa shape index (κ2) is 15.3. The fourth-order valence-corrected chi connectivity index (χ4v) is 7.74. The van der Waals surface area contributed by atoms with Crippen molar-refractivity contribution in [3.05, 3.63) is 202 Å². The Morgan fingerprint density at radius 2 is 1.29 bits per heavy atom. The predicted molar refractivity (Wildman–Crippen MR) is 218 cm³/mol. The largest absolute Gasteiger partial charge is 0.478 e. The maximum atomic E-state index is 12.8. The molecule has 2 aromatic heterocycles. The fourth-order valence-electron chi connectivity index (χ4n) is 7.74. The molecule has 0 saturated carbocycles. The smallest absolute Gasteiger partial charge is 0.336 e. The number of rotatable bonds is 12. The van der Waals surface area contributed by atoms with Crippen molar-refractivity contribution in [3.8, 4) is 22.5 Å². The minimum atomic E-state index is -0.923. The molecule has 8 rings (SSSR count). The molecule has 0 spiro atoms. The molecule has 270 valence electrons. The lowest BCUT2D eigenvalue weighted by molar-refractivity contribution is 0.0697.